The lowest BCUT2D eigenvalue weighted by Gasteiger charge is -2.15. The lowest BCUT2D eigenvalue weighted by Crippen LogP contribution is -2.25. The van der Waals surface area contributed by atoms with Crippen molar-refractivity contribution in [3.63, 3.8) is 0 Å². The Morgan fingerprint density at radius 2 is 2.17 bits per heavy atom. The van der Waals surface area contributed by atoms with E-state index in [9.17, 15) is 9.59 Å². The van der Waals surface area contributed by atoms with Gasteiger partial charge < -0.3 is 4.74 Å². The number of thioether (sulfide) groups is 1. The van der Waals surface area contributed by atoms with Crippen molar-refractivity contribution in [3.8, 4) is 0 Å². The summed E-state index contributed by atoms with van der Waals surface area (Å²) in [6.07, 6.45) is 2.98. The first-order chi connectivity index (χ1) is 11.5. The monoisotopic (exact) mass is 368 g/mol. The Morgan fingerprint density at radius 3 is 2.83 bits per heavy atom. The Hall–Kier alpha value is -1.53. The molecular weight excluding hydrogens is 348 g/mol. The molecule has 2 rings (SSSR count). The Labute approximate surface area is 150 Å². The quantitative estimate of drug-likeness (QED) is 0.321. The standard InChI is InChI=1S/C17H21ClN2O3S/c1-4-5-6-9-20-15(21)13-8-7-12(18)10-14(13)19-17(20)24-11(2)16(22)23-3/h7-8,10-11H,4-6,9H2,1-3H3. The number of hydrogen-bond donors (Lipinski definition) is 0. The molecule has 130 valence electrons. The van der Waals surface area contributed by atoms with E-state index in [1.807, 2.05) is 0 Å². The summed E-state index contributed by atoms with van der Waals surface area (Å²) < 4.78 is 6.41. The van der Waals surface area contributed by atoms with Crippen molar-refractivity contribution in [2.45, 2.75) is 50.1 Å². The van der Waals surface area contributed by atoms with Crippen LogP contribution in [-0.2, 0) is 16.1 Å². The number of nitrogens with zero attached hydrogens (tertiary/aromatic N) is 2. The third-order valence-corrected chi connectivity index (χ3v) is 4.99. The van der Waals surface area contributed by atoms with E-state index in [1.54, 1.807) is 29.7 Å². The fourth-order valence-corrected chi connectivity index (χ4v) is 3.48. The first-order valence-electron chi connectivity index (χ1n) is 7.92. The normalized spacial score (nSPS) is 12.3. The molecule has 1 heterocycles. The van der Waals surface area contributed by atoms with Gasteiger partial charge in [-0.2, -0.15) is 0 Å². The fourth-order valence-electron chi connectivity index (χ4n) is 2.35. The summed E-state index contributed by atoms with van der Waals surface area (Å²) in [5.41, 5.74) is 0.436. The number of hydrogen-bond acceptors (Lipinski definition) is 5. The van der Waals surface area contributed by atoms with E-state index >= 15 is 0 Å². The number of unbranched alkanes of at least 4 members (excludes halogenated alkanes) is 2. The average Bonchev–Trinajstić information content (AvgIpc) is 2.56. The second kappa shape index (κ2) is 8.53. The molecule has 0 N–H and O–H groups in total. The number of esters is 1. The highest BCUT2D eigenvalue weighted by Gasteiger charge is 2.19. The molecule has 1 atom stereocenters. The molecule has 1 aromatic carbocycles. The summed E-state index contributed by atoms with van der Waals surface area (Å²) in [4.78, 5) is 29.1. The second-order valence-corrected chi connectivity index (χ2v) is 7.25. The van der Waals surface area contributed by atoms with Gasteiger partial charge in [0.15, 0.2) is 5.16 Å². The minimum atomic E-state index is -0.448. The van der Waals surface area contributed by atoms with Gasteiger partial charge in [0.05, 0.1) is 18.0 Å². The first-order valence-corrected chi connectivity index (χ1v) is 9.18. The maximum absolute atomic E-state index is 12.8. The van der Waals surface area contributed by atoms with E-state index in [2.05, 4.69) is 11.9 Å². The van der Waals surface area contributed by atoms with Crippen molar-refractivity contribution in [3.05, 3.63) is 33.6 Å². The number of carbonyl (C=O) groups is 1. The van der Waals surface area contributed by atoms with Crippen LogP contribution in [0.2, 0.25) is 5.02 Å². The molecule has 0 spiro atoms. The molecule has 1 aromatic heterocycles. The molecular formula is C17H21ClN2O3S. The number of aromatic nitrogens is 2. The van der Waals surface area contributed by atoms with Crippen LogP contribution in [0.5, 0.6) is 0 Å². The van der Waals surface area contributed by atoms with Gasteiger partial charge in [-0.05, 0) is 31.5 Å². The molecule has 0 fully saturated rings. The summed E-state index contributed by atoms with van der Waals surface area (Å²) in [6, 6.07) is 5.05. The molecule has 0 saturated heterocycles. The predicted octanol–water partition coefficient (Wildman–Crippen LogP) is 3.89. The fraction of sp³-hybridized carbons (Fsp3) is 0.471. The lowest BCUT2D eigenvalue weighted by molar-refractivity contribution is -0.139. The van der Waals surface area contributed by atoms with Crippen molar-refractivity contribution >= 4 is 40.2 Å². The maximum atomic E-state index is 12.8. The van der Waals surface area contributed by atoms with Gasteiger partial charge in [0.25, 0.3) is 5.56 Å². The highest BCUT2D eigenvalue weighted by Crippen LogP contribution is 2.24. The lowest BCUT2D eigenvalue weighted by atomic mass is 10.2. The van der Waals surface area contributed by atoms with Crippen LogP contribution in [0.1, 0.15) is 33.1 Å². The third-order valence-electron chi connectivity index (χ3n) is 3.68. The predicted molar refractivity (Wildman–Crippen MR) is 97.9 cm³/mol. The van der Waals surface area contributed by atoms with Crippen LogP contribution in [0.25, 0.3) is 10.9 Å². The van der Waals surface area contributed by atoms with Gasteiger partial charge in [-0.3, -0.25) is 14.2 Å². The van der Waals surface area contributed by atoms with Crippen LogP contribution in [0, 0.1) is 0 Å². The summed E-state index contributed by atoms with van der Waals surface area (Å²) in [7, 11) is 1.35. The van der Waals surface area contributed by atoms with E-state index in [0.717, 1.165) is 19.3 Å². The Bertz CT molecular complexity index is 791. The zero-order chi connectivity index (χ0) is 17.7. The molecule has 0 aliphatic carbocycles. The summed E-state index contributed by atoms with van der Waals surface area (Å²) in [5, 5.41) is 1.13. The smallest absolute Gasteiger partial charge is 0.318 e. The maximum Gasteiger partial charge on any atom is 0.318 e. The number of halogens is 1. The molecule has 7 heteroatoms. The molecule has 5 nitrogen and oxygen atoms in total. The van der Waals surface area contributed by atoms with Crippen molar-refractivity contribution < 1.29 is 9.53 Å². The average molecular weight is 369 g/mol. The molecule has 0 aliphatic rings. The molecule has 0 saturated carbocycles. The molecule has 24 heavy (non-hydrogen) atoms. The molecule has 0 bridgehead atoms. The van der Waals surface area contributed by atoms with Gasteiger partial charge in [-0.25, -0.2) is 4.98 Å². The van der Waals surface area contributed by atoms with E-state index in [0.29, 0.717) is 27.6 Å². The Morgan fingerprint density at radius 1 is 1.42 bits per heavy atom. The van der Waals surface area contributed by atoms with E-state index in [1.165, 1.54) is 18.9 Å². The van der Waals surface area contributed by atoms with Crippen LogP contribution in [0.15, 0.2) is 28.2 Å². The molecule has 2 aromatic rings. The number of carbonyl (C=O) groups excluding carboxylic acids is 1. The van der Waals surface area contributed by atoms with Crippen LogP contribution >= 0.6 is 23.4 Å². The van der Waals surface area contributed by atoms with Crippen molar-refractivity contribution in [2.24, 2.45) is 0 Å². The largest absolute Gasteiger partial charge is 0.468 e. The van der Waals surface area contributed by atoms with Gasteiger partial charge >= 0.3 is 5.97 Å². The highest BCUT2D eigenvalue weighted by molar-refractivity contribution is 8.00. The molecule has 0 radical (unpaired) electrons. The minimum Gasteiger partial charge on any atom is -0.468 e. The molecule has 0 amide bonds. The van der Waals surface area contributed by atoms with Gasteiger partial charge in [-0.1, -0.05) is 43.1 Å². The zero-order valence-corrected chi connectivity index (χ0v) is 15.6. The second-order valence-electron chi connectivity index (χ2n) is 5.50. The summed E-state index contributed by atoms with van der Waals surface area (Å²) >= 11 is 7.24. The van der Waals surface area contributed by atoms with Crippen molar-refractivity contribution in [1.29, 1.82) is 0 Å². The number of benzene rings is 1. The van der Waals surface area contributed by atoms with Crippen LogP contribution in [-0.4, -0.2) is 27.9 Å². The van der Waals surface area contributed by atoms with Crippen LogP contribution < -0.4 is 5.56 Å². The number of methoxy groups -OCH3 is 1. The van der Waals surface area contributed by atoms with Gasteiger partial charge in [0.2, 0.25) is 0 Å². The SMILES string of the molecule is CCCCCn1c(SC(C)C(=O)OC)nc2cc(Cl)ccc2c1=O. The summed E-state index contributed by atoms with van der Waals surface area (Å²) in [5.74, 6) is -0.347. The van der Waals surface area contributed by atoms with Crippen LogP contribution in [0.4, 0.5) is 0 Å². The van der Waals surface area contributed by atoms with E-state index in [-0.39, 0.29) is 11.5 Å². The zero-order valence-electron chi connectivity index (χ0n) is 14.0. The van der Waals surface area contributed by atoms with Crippen molar-refractivity contribution in [1.82, 2.24) is 9.55 Å². The van der Waals surface area contributed by atoms with E-state index in [4.69, 9.17) is 16.3 Å². The summed E-state index contributed by atoms with van der Waals surface area (Å²) in [6.45, 7) is 4.42. The first kappa shape index (κ1) is 18.8. The Kier molecular flexibility index (Phi) is 6.69. The van der Waals surface area contributed by atoms with Gasteiger partial charge in [0, 0.05) is 11.6 Å². The van der Waals surface area contributed by atoms with E-state index < -0.39 is 5.25 Å². The third kappa shape index (κ3) is 4.30. The number of rotatable bonds is 7. The number of fused-ring (bicyclic) bond motifs is 1. The van der Waals surface area contributed by atoms with Gasteiger partial charge in [-0.15, -0.1) is 0 Å². The van der Waals surface area contributed by atoms with Crippen molar-refractivity contribution in [2.75, 3.05) is 7.11 Å². The molecule has 1 unspecified atom stereocenters. The molecule has 0 aliphatic heterocycles. The van der Waals surface area contributed by atoms with Gasteiger partial charge in [0.1, 0.15) is 5.25 Å². The number of ether oxygens (including phenoxy) is 1. The minimum absolute atomic E-state index is 0.104. The highest BCUT2D eigenvalue weighted by atomic mass is 35.5. The topological polar surface area (TPSA) is 61.2 Å². The Balaban J connectivity index is 2.49. The van der Waals surface area contributed by atoms with Crippen LogP contribution in [0.3, 0.4) is 0 Å².